The maximum atomic E-state index is 12.3. The number of nitrogens with zero attached hydrogens (tertiary/aromatic N) is 1. The zero-order chi connectivity index (χ0) is 18.7. The Bertz CT molecular complexity index is 902. The molecule has 0 unspecified atom stereocenters. The second kappa shape index (κ2) is 7.53. The van der Waals surface area contributed by atoms with Crippen LogP contribution in [-0.4, -0.2) is 30.4 Å². The summed E-state index contributed by atoms with van der Waals surface area (Å²) in [7, 11) is 3.14. The van der Waals surface area contributed by atoms with Gasteiger partial charge in [0, 0.05) is 11.6 Å². The Kier molecular flexibility index (Phi) is 5.18. The first-order chi connectivity index (χ1) is 12.5. The molecular weight excluding hydrogens is 352 g/mol. The van der Waals surface area contributed by atoms with E-state index < -0.39 is 0 Å². The quantitative estimate of drug-likeness (QED) is 0.804. The summed E-state index contributed by atoms with van der Waals surface area (Å²) in [4.78, 5) is 17.1. The Morgan fingerprint density at radius 2 is 2.00 bits per heavy atom. The molecular formula is C19H18N2O4S. The molecule has 26 heavy (non-hydrogen) atoms. The Labute approximate surface area is 155 Å². The van der Waals surface area contributed by atoms with Gasteiger partial charge in [0.2, 0.25) is 0 Å². The van der Waals surface area contributed by atoms with Gasteiger partial charge in [-0.15, -0.1) is 0 Å². The summed E-state index contributed by atoms with van der Waals surface area (Å²) >= 11 is 1.21. The lowest BCUT2D eigenvalue weighted by molar-refractivity contribution is -0.115. The molecule has 0 atom stereocenters. The zero-order valence-electron chi connectivity index (χ0n) is 14.6. The number of carbonyl (C=O) groups is 1. The van der Waals surface area contributed by atoms with Gasteiger partial charge in [0.05, 0.1) is 19.1 Å². The van der Waals surface area contributed by atoms with Crippen LogP contribution in [0.25, 0.3) is 6.08 Å². The van der Waals surface area contributed by atoms with Crippen molar-refractivity contribution in [2.24, 2.45) is 4.99 Å². The van der Waals surface area contributed by atoms with Crippen LogP contribution in [0.2, 0.25) is 0 Å². The maximum Gasteiger partial charge on any atom is 0.264 e. The van der Waals surface area contributed by atoms with Crippen molar-refractivity contribution < 1.29 is 19.4 Å². The van der Waals surface area contributed by atoms with Gasteiger partial charge in [-0.2, -0.15) is 0 Å². The molecule has 1 aliphatic heterocycles. The van der Waals surface area contributed by atoms with Crippen molar-refractivity contribution in [3.63, 3.8) is 0 Å². The van der Waals surface area contributed by atoms with E-state index in [1.165, 1.54) is 11.8 Å². The van der Waals surface area contributed by atoms with Crippen molar-refractivity contribution in [1.82, 2.24) is 5.32 Å². The van der Waals surface area contributed by atoms with Gasteiger partial charge in [0.1, 0.15) is 22.9 Å². The standard InChI is InChI=1S/C19H18N2O4S/c1-11-5-4-6-14(22)17(11)20-19-21-18(23)16(26-19)9-12-7-8-13(24-2)10-15(12)25-3/h4-10,22H,1-3H3,(H,20,21,23)/b16-9-. The van der Waals surface area contributed by atoms with Gasteiger partial charge in [-0.05, 0) is 48.5 Å². The third kappa shape index (κ3) is 3.67. The number of amides is 1. The Morgan fingerprint density at radius 3 is 2.69 bits per heavy atom. The lowest BCUT2D eigenvalue weighted by Crippen LogP contribution is -2.19. The molecule has 1 amide bonds. The molecule has 0 spiro atoms. The predicted molar refractivity (Wildman–Crippen MR) is 103 cm³/mol. The molecule has 0 aromatic heterocycles. The fourth-order valence-corrected chi connectivity index (χ4v) is 3.27. The first kappa shape index (κ1) is 17.9. The van der Waals surface area contributed by atoms with Gasteiger partial charge in [0.15, 0.2) is 5.17 Å². The molecule has 0 radical (unpaired) electrons. The number of methoxy groups -OCH3 is 2. The number of phenols is 1. The maximum absolute atomic E-state index is 12.3. The van der Waals surface area contributed by atoms with Crippen molar-refractivity contribution in [2.75, 3.05) is 14.2 Å². The summed E-state index contributed by atoms with van der Waals surface area (Å²) in [6.07, 6.45) is 1.73. The van der Waals surface area contributed by atoms with Crippen molar-refractivity contribution in [1.29, 1.82) is 0 Å². The molecule has 134 valence electrons. The minimum atomic E-state index is -0.250. The van der Waals surface area contributed by atoms with E-state index in [2.05, 4.69) is 10.3 Å². The minimum Gasteiger partial charge on any atom is -0.506 e. The number of carbonyl (C=O) groups excluding carboxylic acids is 1. The van der Waals surface area contributed by atoms with E-state index in [9.17, 15) is 9.90 Å². The summed E-state index contributed by atoms with van der Waals surface area (Å²) in [5.74, 6) is 1.10. The molecule has 2 N–H and O–H groups in total. The van der Waals surface area contributed by atoms with Crippen molar-refractivity contribution in [3.05, 3.63) is 52.4 Å². The number of ether oxygens (including phenoxy) is 2. The van der Waals surface area contributed by atoms with Crippen LogP contribution < -0.4 is 14.8 Å². The van der Waals surface area contributed by atoms with Gasteiger partial charge in [-0.25, -0.2) is 4.99 Å². The first-order valence-electron chi connectivity index (χ1n) is 7.82. The fraction of sp³-hybridized carbons (Fsp3) is 0.158. The number of hydrogen-bond donors (Lipinski definition) is 2. The molecule has 1 aliphatic rings. The van der Waals surface area contributed by atoms with Crippen LogP contribution in [0.4, 0.5) is 5.69 Å². The third-order valence-corrected chi connectivity index (χ3v) is 4.72. The molecule has 1 saturated heterocycles. The molecule has 7 heteroatoms. The summed E-state index contributed by atoms with van der Waals surface area (Å²) in [6, 6.07) is 10.5. The van der Waals surface area contributed by atoms with Crippen molar-refractivity contribution >= 4 is 34.6 Å². The number of benzene rings is 2. The predicted octanol–water partition coefficient (Wildman–Crippen LogP) is 3.61. The van der Waals surface area contributed by atoms with Crippen LogP contribution in [0.1, 0.15) is 11.1 Å². The highest BCUT2D eigenvalue weighted by molar-refractivity contribution is 8.18. The third-order valence-electron chi connectivity index (χ3n) is 3.81. The van der Waals surface area contributed by atoms with Crippen LogP contribution in [0.15, 0.2) is 46.3 Å². The highest BCUT2D eigenvalue weighted by atomic mass is 32.2. The first-order valence-corrected chi connectivity index (χ1v) is 8.63. The Balaban J connectivity index is 1.91. The Hall–Kier alpha value is -2.93. The van der Waals surface area contributed by atoms with Crippen molar-refractivity contribution in [2.45, 2.75) is 6.92 Å². The monoisotopic (exact) mass is 370 g/mol. The molecule has 1 fully saturated rings. The second-order valence-corrected chi connectivity index (χ2v) is 6.56. The summed E-state index contributed by atoms with van der Waals surface area (Å²) in [5, 5.41) is 13.1. The number of aliphatic imine (C=N–C) groups is 1. The van der Waals surface area contributed by atoms with Crippen LogP contribution in [0.3, 0.4) is 0 Å². The van der Waals surface area contributed by atoms with Gasteiger partial charge in [0.25, 0.3) is 5.91 Å². The molecule has 0 aliphatic carbocycles. The van der Waals surface area contributed by atoms with Gasteiger partial charge >= 0.3 is 0 Å². The minimum absolute atomic E-state index is 0.0709. The Morgan fingerprint density at radius 1 is 1.19 bits per heavy atom. The molecule has 2 aromatic rings. The molecule has 6 nitrogen and oxygen atoms in total. The molecule has 1 heterocycles. The highest BCUT2D eigenvalue weighted by Crippen LogP contribution is 2.35. The van der Waals surface area contributed by atoms with E-state index in [1.54, 1.807) is 44.6 Å². The second-order valence-electron chi connectivity index (χ2n) is 5.53. The normalized spacial score (nSPS) is 16.8. The van der Waals surface area contributed by atoms with E-state index in [0.29, 0.717) is 27.3 Å². The van der Waals surface area contributed by atoms with Gasteiger partial charge in [-0.3, -0.25) is 4.79 Å². The summed E-state index contributed by atoms with van der Waals surface area (Å²) < 4.78 is 10.5. The van der Waals surface area contributed by atoms with Crippen LogP contribution in [-0.2, 0) is 4.79 Å². The SMILES string of the molecule is COc1ccc(/C=C2\SC(=Nc3c(C)cccc3O)NC2=O)c(OC)c1. The average molecular weight is 370 g/mol. The molecule has 3 rings (SSSR count). The average Bonchev–Trinajstić information content (AvgIpc) is 2.98. The summed E-state index contributed by atoms with van der Waals surface area (Å²) in [6.45, 7) is 1.85. The number of phenolic OH excluding ortho intramolecular Hbond substituents is 1. The number of aryl methyl sites for hydroxylation is 1. The lowest BCUT2D eigenvalue weighted by Gasteiger charge is -2.07. The zero-order valence-corrected chi connectivity index (χ0v) is 15.4. The fourth-order valence-electron chi connectivity index (χ4n) is 2.45. The molecule has 0 bridgehead atoms. The van der Waals surface area contributed by atoms with E-state index in [4.69, 9.17) is 9.47 Å². The number of amidine groups is 1. The van der Waals surface area contributed by atoms with Crippen LogP contribution in [0, 0.1) is 6.92 Å². The molecule has 2 aromatic carbocycles. The van der Waals surface area contributed by atoms with E-state index in [-0.39, 0.29) is 11.7 Å². The van der Waals surface area contributed by atoms with Gasteiger partial charge in [-0.1, -0.05) is 12.1 Å². The molecule has 0 saturated carbocycles. The summed E-state index contributed by atoms with van der Waals surface area (Å²) in [5.41, 5.74) is 2.02. The van der Waals surface area contributed by atoms with Gasteiger partial charge < -0.3 is 19.9 Å². The largest absolute Gasteiger partial charge is 0.506 e. The number of nitrogens with one attached hydrogen (secondary N) is 1. The van der Waals surface area contributed by atoms with Crippen molar-refractivity contribution in [3.8, 4) is 17.2 Å². The smallest absolute Gasteiger partial charge is 0.264 e. The number of hydrogen-bond acceptors (Lipinski definition) is 6. The number of thioether (sulfide) groups is 1. The topological polar surface area (TPSA) is 80.2 Å². The number of aromatic hydroxyl groups is 1. The van der Waals surface area contributed by atoms with Crippen LogP contribution >= 0.6 is 11.8 Å². The lowest BCUT2D eigenvalue weighted by atomic mass is 10.1. The highest BCUT2D eigenvalue weighted by Gasteiger charge is 2.25. The van der Waals surface area contributed by atoms with E-state index in [1.807, 2.05) is 19.1 Å². The van der Waals surface area contributed by atoms with E-state index in [0.717, 1.165) is 11.1 Å². The van der Waals surface area contributed by atoms with E-state index >= 15 is 0 Å². The van der Waals surface area contributed by atoms with Crippen LogP contribution in [0.5, 0.6) is 17.2 Å². The number of para-hydroxylation sites is 1. The number of rotatable bonds is 4.